The third-order valence-electron chi connectivity index (χ3n) is 13.0. The molecule has 0 atom stereocenters. The Morgan fingerprint density at radius 3 is 1.31 bits per heavy atom. The molecule has 400 valence electrons. The number of unbranched alkanes of at least 4 members (excludes halogenated alkanes) is 9. The number of aliphatic hydroxyl groups excluding tert-OH is 2. The van der Waals surface area contributed by atoms with Crippen LogP contribution in [0.15, 0.2) is 48.3 Å². The van der Waals surface area contributed by atoms with Crippen molar-refractivity contribution in [2.24, 2.45) is 41.4 Å². The molecule has 1 aliphatic heterocycles. The van der Waals surface area contributed by atoms with E-state index in [4.69, 9.17) is 24.4 Å². The van der Waals surface area contributed by atoms with Gasteiger partial charge in [-0.3, -0.25) is 0 Å². The summed E-state index contributed by atoms with van der Waals surface area (Å²) < 4.78 is 87.5. The first-order valence-corrected chi connectivity index (χ1v) is 24.5. The van der Waals surface area contributed by atoms with Gasteiger partial charge < -0.3 is 29.2 Å². The van der Waals surface area contributed by atoms with Gasteiger partial charge in [0.15, 0.2) is 6.29 Å². The quantitative estimate of drug-likeness (QED) is 0.0459. The maximum Gasteiger partial charge on any atom is 1.00 e. The molecule has 0 radical (unpaired) electrons. The lowest BCUT2D eigenvalue weighted by Gasteiger charge is -2.37. The number of halogens is 6. The molecule has 0 unspecified atom stereocenters. The monoisotopic (exact) mass is 975 g/mol. The lowest BCUT2D eigenvalue weighted by atomic mass is 9.79. The van der Waals surface area contributed by atoms with Gasteiger partial charge in [-0.05, 0) is 157 Å². The van der Waals surface area contributed by atoms with Crippen LogP contribution in [0.25, 0.3) is 0 Å². The molecule has 0 amide bonds. The van der Waals surface area contributed by atoms with E-state index in [2.05, 4.69) is 6.92 Å². The zero-order valence-corrected chi connectivity index (χ0v) is 39.2. The second kappa shape index (κ2) is 47.5. The van der Waals surface area contributed by atoms with Crippen LogP contribution in [0, 0.1) is 41.4 Å². The highest BCUT2D eigenvalue weighted by Crippen LogP contribution is 2.36. The average molecular weight is 975 g/mol. The zero-order chi connectivity index (χ0) is 46.5. The van der Waals surface area contributed by atoms with Crippen LogP contribution in [-0.2, 0) is 19.0 Å². The molecule has 0 aromatic heterocycles. The lowest BCUT2D eigenvalue weighted by Crippen LogP contribution is -2.37. The number of hydrogen-bond donors (Lipinski definition) is 2. The Hall–Kier alpha value is -2.15. The summed E-state index contributed by atoms with van der Waals surface area (Å²) in [5.74, 6) is 3.84. The molecular formula is C55H104F6O6+2. The average Bonchev–Trinajstić information content (AvgIpc) is 3.28. The van der Waals surface area contributed by atoms with Gasteiger partial charge in [0.05, 0.1) is 26.6 Å². The Balaban J connectivity index is -0.000000197. The number of ether oxygens (including phenoxy) is 3. The predicted molar refractivity (Wildman–Crippen MR) is 272 cm³/mol. The molecule has 3 aliphatic carbocycles. The summed E-state index contributed by atoms with van der Waals surface area (Å²) >= 11 is 0. The van der Waals surface area contributed by atoms with Crippen molar-refractivity contribution in [3.63, 3.8) is 0 Å². The van der Waals surface area contributed by atoms with Crippen LogP contribution in [0.5, 0.6) is 0 Å². The maximum absolute atomic E-state index is 11.9. The van der Waals surface area contributed by atoms with E-state index in [0.29, 0.717) is 37.0 Å². The summed E-state index contributed by atoms with van der Waals surface area (Å²) in [6.07, 6.45) is 30.2. The van der Waals surface area contributed by atoms with Gasteiger partial charge in [0.1, 0.15) is 6.29 Å². The highest BCUT2D eigenvalue weighted by atomic mass is 19.3. The number of carbonyl (C=O) groups is 1. The summed E-state index contributed by atoms with van der Waals surface area (Å²) in [6, 6.07) is 0. The molecule has 4 aliphatic rings. The number of aliphatic hydroxyl groups is 2. The van der Waals surface area contributed by atoms with Crippen LogP contribution in [-0.4, -0.2) is 56.3 Å². The fourth-order valence-electron chi connectivity index (χ4n) is 8.82. The van der Waals surface area contributed by atoms with Gasteiger partial charge in [0.2, 0.25) is 0 Å². The van der Waals surface area contributed by atoms with Gasteiger partial charge >= 0.3 is 2.85 Å². The van der Waals surface area contributed by atoms with Gasteiger partial charge in [-0.15, -0.1) is 0 Å². The van der Waals surface area contributed by atoms with Crippen molar-refractivity contribution in [2.45, 2.75) is 223 Å². The maximum atomic E-state index is 11.9. The van der Waals surface area contributed by atoms with Gasteiger partial charge in [-0.2, -0.15) is 26.3 Å². The molecule has 3 saturated carbocycles. The number of allylic oxidation sites excluding steroid dienone is 4. The normalized spacial score (nSPS) is 23.0. The van der Waals surface area contributed by atoms with Crippen LogP contribution in [0.2, 0.25) is 0 Å². The smallest absolute Gasteiger partial charge is 0.504 e. The van der Waals surface area contributed by atoms with Gasteiger partial charge in [0, 0.05) is 36.9 Å². The van der Waals surface area contributed by atoms with Crippen molar-refractivity contribution in [3.05, 3.63) is 48.3 Å². The molecule has 6 nitrogen and oxygen atoms in total. The van der Waals surface area contributed by atoms with Gasteiger partial charge in [0.25, 0.3) is 18.2 Å². The molecule has 67 heavy (non-hydrogen) atoms. The van der Waals surface area contributed by atoms with Crippen molar-refractivity contribution in [1.82, 2.24) is 0 Å². The first kappa shape index (κ1) is 71.4. The largest absolute Gasteiger partial charge is 1.00 e. The fraction of sp³-hybridized carbons (Fsp3) is 0.836. The molecule has 12 heteroatoms. The molecule has 2 N–H and O–H groups in total. The fourth-order valence-corrected chi connectivity index (χ4v) is 8.82. The lowest BCUT2D eigenvalue weighted by molar-refractivity contribution is -0.226. The minimum Gasteiger partial charge on any atom is -0.504 e. The molecule has 4 fully saturated rings. The van der Waals surface area contributed by atoms with Crippen LogP contribution >= 0.6 is 0 Å². The van der Waals surface area contributed by atoms with Crippen molar-refractivity contribution in [3.8, 4) is 0 Å². The predicted octanol–water partition coefficient (Wildman–Crippen LogP) is 18.1. The van der Waals surface area contributed by atoms with E-state index in [1.807, 2.05) is 6.26 Å². The van der Waals surface area contributed by atoms with Gasteiger partial charge in [-0.25, -0.2) is 0 Å². The van der Waals surface area contributed by atoms with E-state index in [0.717, 1.165) is 126 Å². The van der Waals surface area contributed by atoms with Crippen LogP contribution in [0.4, 0.5) is 26.3 Å². The number of aldehydes is 1. The molecule has 1 heterocycles. The molecule has 1 saturated heterocycles. The SMILES string of the molecule is C.C.C.C.CC(CO)CO.CC1COC(C2CCC(CCCCCC=C(F)F)CC2)OC1.COC=C1CCC(CCCCCC=C(F)F)CC1.O=CC1CCC(CCCCCC=C(F)F)CC1.[H+].[H+]. The molecule has 0 aromatic rings. The molecular weight excluding hydrogens is 871 g/mol. The minimum absolute atomic E-state index is 0. The molecule has 0 spiro atoms. The van der Waals surface area contributed by atoms with E-state index in [1.54, 1.807) is 14.0 Å². The first-order valence-electron chi connectivity index (χ1n) is 24.5. The Kier molecular flexibility index (Phi) is 50.6. The number of carbonyl (C=O) groups excluding carboxylic acids is 1. The van der Waals surface area contributed by atoms with Crippen LogP contribution in [0.1, 0.15) is 220 Å². The summed E-state index contributed by atoms with van der Waals surface area (Å²) in [5, 5.41) is 16.3. The van der Waals surface area contributed by atoms with Crippen molar-refractivity contribution >= 4 is 6.29 Å². The highest BCUT2D eigenvalue weighted by molar-refractivity contribution is 5.53. The van der Waals surface area contributed by atoms with Crippen LogP contribution < -0.4 is 0 Å². The Bertz CT molecular complexity index is 1210. The van der Waals surface area contributed by atoms with Crippen molar-refractivity contribution in [2.75, 3.05) is 33.5 Å². The second-order valence-electron chi connectivity index (χ2n) is 18.7. The summed E-state index contributed by atoms with van der Waals surface area (Å²) in [6.45, 7) is 5.76. The van der Waals surface area contributed by atoms with E-state index >= 15 is 0 Å². The van der Waals surface area contributed by atoms with E-state index in [9.17, 15) is 31.1 Å². The van der Waals surface area contributed by atoms with E-state index in [-0.39, 0.29) is 58.0 Å². The number of methoxy groups -OCH3 is 1. The molecule has 0 aromatic carbocycles. The number of hydrogen-bond acceptors (Lipinski definition) is 6. The standard InChI is InChI=1S/C18H30F2O2.C15H24F2O.C14H22F2O.C4H10O2.4CH4/c1-14-12-21-18(22-13-14)16-10-8-15(9-11-16)6-4-2-3-5-7-17(19)20;1-18-12-14-10-8-13(9-11-14)6-4-2-3-5-7-15(16)17;15-14(16)6-4-2-1-3-5-12-7-9-13(11-17)10-8-12;1-4(2-5)3-6;;;;/h7,14-16,18H,2-6,8-13H2,1H3;7,12-13H,2-6,8-11H2,1H3;6,11-13H,1-5,7-10H2;4-6H,2-3H2,1H3;4*1H4/p+2. The Morgan fingerprint density at radius 1 is 0.612 bits per heavy atom. The third kappa shape index (κ3) is 40.3. The summed E-state index contributed by atoms with van der Waals surface area (Å²) in [5.41, 5.74) is 1.43. The minimum atomic E-state index is -1.56. The first-order chi connectivity index (χ1) is 30.4. The highest BCUT2D eigenvalue weighted by Gasteiger charge is 2.31. The van der Waals surface area contributed by atoms with Crippen LogP contribution in [0.3, 0.4) is 0 Å². The Labute approximate surface area is 410 Å². The zero-order valence-electron chi connectivity index (χ0n) is 41.2. The number of rotatable bonds is 23. The summed E-state index contributed by atoms with van der Waals surface area (Å²) in [7, 11) is 1.70. The third-order valence-corrected chi connectivity index (χ3v) is 13.0. The summed E-state index contributed by atoms with van der Waals surface area (Å²) in [4.78, 5) is 10.6. The topological polar surface area (TPSA) is 85.2 Å². The molecule has 0 bridgehead atoms. The van der Waals surface area contributed by atoms with E-state index in [1.165, 1.54) is 89.0 Å². The van der Waals surface area contributed by atoms with E-state index < -0.39 is 18.2 Å². The van der Waals surface area contributed by atoms with Crippen molar-refractivity contribution in [1.29, 1.82) is 0 Å². The molecule has 4 rings (SSSR count). The van der Waals surface area contributed by atoms with Gasteiger partial charge in [-0.1, -0.05) is 101 Å². The van der Waals surface area contributed by atoms with Crippen molar-refractivity contribution < 1.29 is 58.4 Å². The second-order valence-corrected chi connectivity index (χ2v) is 18.7. The Morgan fingerprint density at radius 2 is 0.985 bits per heavy atom.